The highest BCUT2D eigenvalue weighted by Crippen LogP contribution is 2.09. The van der Waals surface area contributed by atoms with E-state index in [4.69, 9.17) is 5.11 Å². The predicted molar refractivity (Wildman–Crippen MR) is 60.0 cm³/mol. The summed E-state index contributed by atoms with van der Waals surface area (Å²) in [6.45, 7) is 0.360. The van der Waals surface area contributed by atoms with Gasteiger partial charge in [-0.1, -0.05) is 0 Å². The van der Waals surface area contributed by atoms with Crippen molar-refractivity contribution in [2.75, 3.05) is 0 Å². The van der Waals surface area contributed by atoms with Crippen LogP contribution in [0.1, 0.15) is 16.1 Å². The van der Waals surface area contributed by atoms with Gasteiger partial charge in [-0.05, 0) is 0 Å². The number of aromatic carboxylic acids is 1. The van der Waals surface area contributed by atoms with Crippen LogP contribution in [-0.4, -0.2) is 25.4 Å². The van der Waals surface area contributed by atoms with E-state index in [1.165, 1.54) is 23.0 Å². The predicted octanol–water partition coefficient (Wildman–Crippen LogP) is 0.328. The van der Waals surface area contributed by atoms with Gasteiger partial charge in [-0.3, -0.25) is 9.48 Å². The number of aromatic nitrogens is 3. The van der Waals surface area contributed by atoms with Crippen molar-refractivity contribution in [3.8, 4) is 0 Å². The molecule has 2 aromatic heterocycles. The fourth-order valence-corrected chi connectivity index (χ4v) is 1.55. The molecule has 0 aliphatic rings. The lowest BCUT2D eigenvalue weighted by Crippen LogP contribution is -2.11. The zero-order valence-corrected chi connectivity index (χ0v) is 9.20. The quantitative estimate of drug-likeness (QED) is 0.828. The van der Waals surface area contributed by atoms with Crippen LogP contribution in [-0.2, 0) is 13.6 Å². The molecule has 0 saturated carbocycles. The van der Waals surface area contributed by atoms with Gasteiger partial charge in [-0.15, -0.1) is 0 Å². The van der Waals surface area contributed by atoms with E-state index < -0.39 is 5.97 Å². The van der Waals surface area contributed by atoms with Crippen LogP contribution >= 0.6 is 0 Å². The highest BCUT2D eigenvalue weighted by molar-refractivity contribution is 5.88. The molecular formula is C11H11N3O3. The van der Waals surface area contributed by atoms with Gasteiger partial charge in [0.15, 0.2) is 5.43 Å². The van der Waals surface area contributed by atoms with E-state index in [1.54, 1.807) is 24.0 Å². The van der Waals surface area contributed by atoms with Crippen molar-refractivity contribution in [3.05, 3.63) is 52.2 Å². The fourth-order valence-electron chi connectivity index (χ4n) is 1.55. The zero-order chi connectivity index (χ0) is 12.4. The SMILES string of the molecule is Cn1ncc(C(=O)O)c1Cn1ccc(=O)cc1. The Balaban J connectivity index is 2.35. The Morgan fingerprint density at radius 1 is 1.41 bits per heavy atom. The van der Waals surface area contributed by atoms with Gasteiger partial charge in [-0.25, -0.2) is 4.79 Å². The first-order valence-corrected chi connectivity index (χ1v) is 4.98. The highest BCUT2D eigenvalue weighted by Gasteiger charge is 2.14. The number of aryl methyl sites for hydroxylation is 1. The summed E-state index contributed by atoms with van der Waals surface area (Å²) < 4.78 is 3.24. The van der Waals surface area contributed by atoms with E-state index in [9.17, 15) is 9.59 Å². The molecule has 17 heavy (non-hydrogen) atoms. The van der Waals surface area contributed by atoms with Gasteiger partial charge in [0, 0.05) is 31.6 Å². The molecule has 2 aromatic rings. The molecule has 6 nitrogen and oxygen atoms in total. The van der Waals surface area contributed by atoms with Crippen molar-refractivity contribution in [2.24, 2.45) is 7.05 Å². The summed E-state index contributed by atoms with van der Waals surface area (Å²) in [5.74, 6) is -1.01. The molecule has 0 unspecified atom stereocenters. The van der Waals surface area contributed by atoms with E-state index in [-0.39, 0.29) is 11.0 Å². The summed E-state index contributed by atoms with van der Waals surface area (Å²) in [5, 5.41) is 12.9. The minimum atomic E-state index is -1.01. The Morgan fingerprint density at radius 2 is 2.06 bits per heavy atom. The Labute approximate surface area is 96.7 Å². The van der Waals surface area contributed by atoms with Crippen molar-refractivity contribution in [1.29, 1.82) is 0 Å². The molecule has 0 fully saturated rings. The Morgan fingerprint density at radius 3 is 2.65 bits per heavy atom. The van der Waals surface area contributed by atoms with Gasteiger partial charge in [0.05, 0.1) is 18.4 Å². The van der Waals surface area contributed by atoms with Crippen molar-refractivity contribution in [3.63, 3.8) is 0 Å². The van der Waals surface area contributed by atoms with E-state index in [1.807, 2.05) is 0 Å². The number of nitrogens with zero attached hydrogens (tertiary/aromatic N) is 3. The topological polar surface area (TPSA) is 77.1 Å². The van der Waals surface area contributed by atoms with Gasteiger partial charge in [-0.2, -0.15) is 5.10 Å². The van der Waals surface area contributed by atoms with Crippen LogP contribution in [0.25, 0.3) is 0 Å². The second-order valence-corrected chi connectivity index (χ2v) is 3.64. The standard InChI is InChI=1S/C11H11N3O3/c1-13-10(9(6-12-13)11(16)17)7-14-4-2-8(15)3-5-14/h2-6H,7H2,1H3,(H,16,17). The van der Waals surface area contributed by atoms with Crippen molar-refractivity contribution in [2.45, 2.75) is 6.54 Å². The summed E-state index contributed by atoms with van der Waals surface area (Å²) >= 11 is 0. The maximum Gasteiger partial charge on any atom is 0.339 e. The van der Waals surface area contributed by atoms with Gasteiger partial charge < -0.3 is 9.67 Å². The summed E-state index contributed by atoms with van der Waals surface area (Å²) in [4.78, 5) is 21.9. The Bertz CT molecular complexity index is 592. The number of hydrogen-bond acceptors (Lipinski definition) is 3. The molecule has 88 valence electrons. The van der Waals surface area contributed by atoms with Gasteiger partial charge in [0.25, 0.3) is 0 Å². The summed E-state index contributed by atoms with van der Waals surface area (Å²) in [6, 6.07) is 2.85. The Hall–Kier alpha value is -2.37. The molecule has 0 atom stereocenters. The average molecular weight is 233 g/mol. The molecule has 2 rings (SSSR count). The number of hydrogen-bond donors (Lipinski definition) is 1. The lowest BCUT2D eigenvalue weighted by atomic mass is 10.2. The maximum absolute atomic E-state index is 11.0. The third-order valence-corrected chi connectivity index (χ3v) is 2.48. The molecule has 0 amide bonds. The molecule has 0 saturated heterocycles. The number of carboxylic acid groups (broad SMARTS) is 1. The minimum absolute atomic E-state index is 0.0790. The normalized spacial score (nSPS) is 10.4. The minimum Gasteiger partial charge on any atom is -0.478 e. The molecule has 6 heteroatoms. The second-order valence-electron chi connectivity index (χ2n) is 3.64. The number of carbonyl (C=O) groups is 1. The average Bonchev–Trinajstić information content (AvgIpc) is 2.64. The van der Waals surface area contributed by atoms with Crippen LogP contribution in [0.2, 0.25) is 0 Å². The van der Waals surface area contributed by atoms with E-state index >= 15 is 0 Å². The molecule has 0 aliphatic heterocycles. The molecule has 1 N–H and O–H groups in total. The number of rotatable bonds is 3. The third kappa shape index (κ3) is 2.25. The smallest absolute Gasteiger partial charge is 0.339 e. The van der Waals surface area contributed by atoms with E-state index in [0.717, 1.165) is 0 Å². The summed E-state index contributed by atoms with van der Waals surface area (Å²) in [5.41, 5.74) is 0.678. The number of carboxylic acids is 1. The first-order chi connectivity index (χ1) is 8.08. The van der Waals surface area contributed by atoms with Gasteiger partial charge >= 0.3 is 5.97 Å². The van der Waals surface area contributed by atoms with Crippen molar-refractivity contribution in [1.82, 2.24) is 14.3 Å². The van der Waals surface area contributed by atoms with Crippen LogP contribution < -0.4 is 5.43 Å². The third-order valence-electron chi connectivity index (χ3n) is 2.48. The molecule has 0 radical (unpaired) electrons. The Kier molecular flexibility index (Phi) is 2.78. The monoisotopic (exact) mass is 233 g/mol. The van der Waals surface area contributed by atoms with Crippen LogP contribution in [0.5, 0.6) is 0 Å². The molecule has 0 aromatic carbocycles. The molecular weight excluding hydrogens is 222 g/mol. The highest BCUT2D eigenvalue weighted by atomic mass is 16.4. The number of pyridine rings is 1. The summed E-state index contributed by atoms with van der Waals surface area (Å²) in [7, 11) is 1.68. The van der Waals surface area contributed by atoms with E-state index in [2.05, 4.69) is 5.10 Å². The van der Waals surface area contributed by atoms with Crippen molar-refractivity contribution >= 4 is 5.97 Å². The first-order valence-electron chi connectivity index (χ1n) is 4.98. The van der Waals surface area contributed by atoms with Crippen LogP contribution in [0.4, 0.5) is 0 Å². The van der Waals surface area contributed by atoms with Crippen LogP contribution in [0.3, 0.4) is 0 Å². The molecule has 0 spiro atoms. The summed E-state index contributed by atoms with van der Waals surface area (Å²) in [6.07, 6.45) is 4.54. The largest absolute Gasteiger partial charge is 0.478 e. The maximum atomic E-state index is 11.0. The van der Waals surface area contributed by atoms with Crippen LogP contribution in [0.15, 0.2) is 35.5 Å². The fraction of sp³-hybridized carbons (Fsp3) is 0.182. The van der Waals surface area contributed by atoms with Gasteiger partial charge in [0.1, 0.15) is 5.56 Å². The van der Waals surface area contributed by atoms with Gasteiger partial charge in [0.2, 0.25) is 0 Å². The first kappa shape index (κ1) is 11.1. The molecule has 0 bridgehead atoms. The molecule has 2 heterocycles. The van der Waals surface area contributed by atoms with Crippen molar-refractivity contribution < 1.29 is 9.90 Å². The zero-order valence-electron chi connectivity index (χ0n) is 9.20. The van der Waals surface area contributed by atoms with Crippen LogP contribution in [0, 0.1) is 0 Å². The molecule has 0 aliphatic carbocycles. The lowest BCUT2D eigenvalue weighted by molar-refractivity contribution is 0.0695. The second kappa shape index (κ2) is 4.25. The van der Waals surface area contributed by atoms with E-state index in [0.29, 0.717) is 12.2 Å². The lowest BCUT2D eigenvalue weighted by Gasteiger charge is -2.07.